The second-order valence-corrected chi connectivity index (χ2v) is 21.1. The van der Waals surface area contributed by atoms with Crippen LogP contribution in [0.1, 0.15) is 40.0 Å². The van der Waals surface area contributed by atoms with Gasteiger partial charge in [-0.05, 0) is 66.1 Å². The first kappa shape index (κ1) is 24.8. The summed E-state index contributed by atoms with van der Waals surface area (Å²) in [6.07, 6.45) is 5.23. The van der Waals surface area contributed by atoms with Gasteiger partial charge in [0.1, 0.15) is 0 Å². The highest BCUT2D eigenvalue weighted by molar-refractivity contribution is 6.93. The van der Waals surface area contributed by atoms with Gasteiger partial charge in [0.2, 0.25) is 5.91 Å². The number of allylic oxidation sites excluding steroid dienone is 1. The molecular formula is C18H41NO3Si3. The number of unbranched alkanes of at least 4 members (excludes halogenated alkanes) is 2. The van der Waals surface area contributed by atoms with Gasteiger partial charge in [0.05, 0.1) is 5.20 Å². The fraction of sp³-hybridized carbons (Fsp3) is 0.833. The van der Waals surface area contributed by atoms with Gasteiger partial charge in [-0.25, -0.2) is 0 Å². The fourth-order valence-corrected chi connectivity index (χ4v) is 14.7. The van der Waals surface area contributed by atoms with Gasteiger partial charge >= 0.3 is 8.56 Å². The summed E-state index contributed by atoms with van der Waals surface area (Å²) in [7, 11) is -6.48. The van der Waals surface area contributed by atoms with E-state index in [9.17, 15) is 4.79 Å². The molecule has 7 heteroatoms. The lowest BCUT2D eigenvalue weighted by molar-refractivity contribution is -0.126. The molecule has 0 rings (SSSR count). The first-order valence-corrected chi connectivity index (χ1v) is 18.8. The Morgan fingerprint density at radius 1 is 0.880 bits per heavy atom. The third kappa shape index (κ3) is 9.33. The van der Waals surface area contributed by atoms with E-state index in [4.69, 9.17) is 8.23 Å². The summed E-state index contributed by atoms with van der Waals surface area (Å²) in [5, 5.41) is 0.814. The van der Waals surface area contributed by atoms with Crippen LogP contribution in [0.2, 0.25) is 45.8 Å². The number of hydrogen-bond acceptors (Lipinski definition) is 3. The second-order valence-electron chi connectivity index (χ2n) is 8.61. The van der Waals surface area contributed by atoms with Gasteiger partial charge in [0.25, 0.3) is 0 Å². The number of rotatable bonds is 11. The summed E-state index contributed by atoms with van der Waals surface area (Å²) in [6, 6.07) is 0. The van der Waals surface area contributed by atoms with Crippen molar-refractivity contribution in [3.63, 3.8) is 0 Å². The molecule has 0 aromatic heterocycles. The van der Waals surface area contributed by atoms with Crippen molar-refractivity contribution >= 4 is 31.1 Å². The highest BCUT2D eigenvalue weighted by Crippen LogP contribution is 2.29. The third-order valence-electron chi connectivity index (χ3n) is 3.68. The average Bonchev–Trinajstić information content (AvgIpc) is 2.40. The zero-order chi connectivity index (χ0) is 19.9. The van der Waals surface area contributed by atoms with Crippen molar-refractivity contribution < 1.29 is 13.0 Å². The molecule has 0 saturated carbocycles. The van der Waals surface area contributed by atoms with E-state index in [1.165, 1.54) is 0 Å². The minimum absolute atomic E-state index is 0.103. The van der Waals surface area contributed by atoms with Gasteiger partial charge in [0, 0.05) is 13.1 Å². The Bertz CT molecular complexity index is 433. The molecule has 0 heterocycles. The highest BCUT2D eigenvalue weighted by atomic mass is 28.5. The molecule has 0 aromatic carbocycles. The quantitative estimate of drug-likeness (QED) is 0.267. The Balaban J connectivity index is 6.05. The summed E-state index contributed by atoms with van der Waals surface area (Å²) >= 11 is 0. The van der Waals surface area contributed by atoms with Crippen molar-refractivity contribution in [2.24, 2.45) is 0 Å². The van der Waals surface area contributed by atoms with E-state index in [0.29, 0.717) is 13.1 Å². The highest BCUT2D eigenvalue weighted by Gasteiger charge is 2.47. The molecule has 0 bridgehead atoms. The van der Waals surface area contributed by atoms with E-state index in [-0.39, 0.29) is 5.91 Å². The molecule has 0 N–H and O–H groups in total. The van der Waals surface area contributed by atoms with Crippen LogP contribution in [0.3, 0.4) is 0 Å². The number of hydrogen-bond donors (Lipinski definition) is 0. The summed E-state index contributed by atoms with van der Waals surface area (Å²) in [5.74, 6) is 0.103. The molecule has 25 heavy (non-hydrogen) atoms. The number of likely N-dealkylation sites (N-methyl/N-ethyl adjacent to an activating group) is 1. The molecule has 148 valence electrons. The summed E-state index contributed by atoms with van der Waals surface area (Å²) in [4.78, 5) is 15.2. The molecule has 0 aliphatic carbocycles. The summed E-state index contributed by atoms with van der Waals surface area (Å²) in [5.41, 5.74) is 0. The molecule has 0 aliphatic heterocycles. The Morgan fingerprint density at radius 3 is 1.64 bits per heavy atom. The predicted molar refractivity (Wildman–Crippen MR) is 116 cm³/mol. The molecule has 1 amide bonds. The van der Waals surface area contributed by atoms with Crippen molar-refractivity contribution in [3.8, 4) is 0 Å². The molecule has 0 saturated heterocycles. The molecule has 0 aliphatic rings. The SMILES string of the molecule is CCCC/C=C(\C(=O)N(CC)CC)[Si](C)(O[Si](C)(C)C)O[Si](C)(C)C. The Morgan fingerprint density at radius 2 is 1.32 bits per heavy atom. The molecular weight excluding hydrogens is 362 g/mol. The van der Waals surface area contributed by atoms with Gasteiger partial charge in [-0.1, -0.05) is 25.8 Å². The van der Waals surface area contributed by atoms with Crippen LogP contribution in [-0.4, -0.2) is 49.1 Å². The van der Waals surface area contributed by atoms with Crippen LogP contribution in [0.15, 0.2) is 11.3 Å². The van der Waals surface area contributed by atoms with Crippen LogP contribution in [0.4, 0.5) is 0 Å². The number of amides is 1. The Labute approximate surface area is 159 Å². The Hall–Kier alpha value is -0.219. The van der Waals surface area contributed by atoms with Crippen LogP contribution in [0.5, 0.6) is 0 Å². The van der Waals surface area contributed by atoms with E-state index in [1.807, 2.05) is 18.7 Å². The van der Waals surface area contributed by atoms with E-state index in [1.54, 1.807) is 0 Å². The maximum atomic E-state index is 13.3. The molecule has 0 spiro atoms. The minimum Gasteiger partial charge on any atom is -0.433 e. The lowest BCUT2D eigenvalue weighted by atomic mass is 10.2. The van der Waals surface area contributed by atoms with Crippen molar-refractivity contribution in [1.29, 1.82) is 0 Å². The van der Waals surface area contributed by atoms with E-state index >= 15 is 0 Å². The normalized spacial score (nSPS) is 13.9. The standard InChI is InChI=1S/C18H41NO3Si3/c1-11-14-15-16-17(18(20)19(12-2)13-3)25(10,21-23(4,5)6)22-24(7,8)9/h16H,11-15H2,1-10H3/b17-16+. The van der Waals surface area contributed by atoms with Gasteiger partial charge in [-0.2, -0.15) is 0 Å². The average molecular weight is 404 g/mol. The van der Waals surface area contributed by atoms with Crippen molar-refractivity contribution in [2.45, 2.75) is 85.9 Å². The summed E-state index contributed by atoms with van der Waals surface area (Å²) < 4.78 is 13.3. The molecule has 0 fully saturated rings. The summed E-state index contributed by atoms with van der Waals surface area (Å²) in [6.45, 7) is 22.8. The van der Waals surface area contributed by atoms with Crippen molar-refractivity contribution in [1.82, 2.24) is 4.90 Å². The number of carbonyl (C=O) groups excluding carboxylic acids is 1. The van der Waals surface area contributed by atoms with E-state index in [0.717, 1.165) is 24.5 Å². The number of nitrogens with zero attached hydrogens (tertiary/aromatic N) is 1. The van der Waals surface area contributed by atoms with Crippen LogP contribution in [0, 0.1) is 0 Å². The third-order valence-corrected chi connectivity index (χ3v) is 13.1. The van der Waals surface area contributed by atoms with Crippen LogP contribution >= 0.6 is 0 Å². The molecule has 4 nitrogen and oxygen atoms in total. The van der Waals surface area contributed by atoms with Crippen LogP contribution in [0.25, 0.3) is 0 Å². The van der Waals surface area contributed by atoms with Crippen LogP contribution < -0.4 is 0 Å². The first-order valence-electron chi connectivity index (χ1n) is 9.69. The van der Waals surface area contributed by atoms with Gasteiger partial charge in [-0.15, -0.1) is 0 Å². The van der Waals surface area contributed by atoms with Gasteiger partial charge < -0.3 is 13.1 Å². The van der Waals surface area contributed by atoms with Crippen LogP contribution in [-0.2, 0) is 13.0 Å². The topological polar surface area (TPSA) is 38.8 Å². The predicted octanol–water partition coefficient (Wildman–Crippen LogP) is 5.29. The maximum absolute atomic E-state index is 13.3. The first-order chi connectivity index (χ1) is 11.3. The van der Waals surface area contributed by atoms with Gasteiger partial charge in [0.15, 0.2) is 16.6 Å². The molecule has 0 atom stereocenters. The smallest absolute Gasteiger partial charge is 0.354 e. The fourth-order valence-electron chi connectivity index (χ4n) is 2.90. The minimum atomic E-state index is -2.76. The lowest BCUT2D eigenvalue weighted by Gasteiger charge is -2.40. The molecule has 0 radical (unpaired) electrons. The van der Waals surface area contributed by atoms with E-state index in [2.05, 4.69) is 58.8 Å². The largest absolute Gasteiger partial charge is 0.433 e. The Kier molecular flexibility index (Phi) is 10.1. The molecule has 0 unspecified atom stereocenters. The monoisotopic (exact) mass is 403 g/mol. The molecule has 0 aromatic rings. The zero-order valence-electron chi connectivity index (χ0n) is 18.3. The van der Waals surface area contributed by atoms with E-state index < -0.39 is 25.2 Å². The number of carbonyl (C=O) groups is 1. The lowest BCUT2D eigenvalue weighted by Crippen LogP contribution is -2.57. The maximum Gasteiger partial charge on any atom is 0.354 e. The van der Waals surface area contributed by atoms with Crippen molar-refractivity contribution in [3.05, 3.63) is 11.3 Å². The zero-order valence-corrected chi connectivity index (χ0v) is 21.3. The second kappa shape index (κ2) is 10.2. The van der Waals surface area contributed by atoms with Gasteiger partial charge in [-0.3, -0.25) is 4.79 Å². The van der Waals surface area contributed by atoms with Crippen molar-refractivity contribution in [2.75, 3.05) is 13.1 Å².